The quantitative estimate of drug-likeness (QED) is 0.323. The zero-order valence-electron chi connectivity index (χ0n) is 22.1. The summed E-state index contributed by atoms with van der Waals surface area (Å²) in [5, 5.41) is 21.7. The van der Waals surface area contributed by atoms with Gasteiger partial charge >= 0.3 is 0 Å². The molecule has 3 rings (SSSR count). The van der Waals surface area contributed by atoms with E-state index in [0.29, 0.717) is 30.0 Å². The van der Waals surface area contributed by atoms with Crippen molar-refractivity contribution in [1.29, 1.82) is 0 Å². The Balaban J connectivity index is 2.23. The summed E-state index contributed by atoms with van der Waals surface area (Å²) in [5.41, 5.74) is 1.54. The summed E-state index contributed by atoms with van der Waals surface area (Å²) >= 11 is 0. The second-order valence-electron chi connectivity index (χ2n) is 10.1. The largest absolute Gasteiger partial charge is 0.507 e. The minimum absolute atomic E-state index is 0.00285. The van der Waals surface area contributed by atoms with E-state index in [1.54, 1.807) is 44.4 Å². The van der Waals surface area contributed by atoms with E-state index in [2.05, 4.69) is 0 Å². The molecule has 1 aliphatic rings. The van der Waals surface area contributed by atoms with Crippen molar-refractivity contribution in [3.63, 3.8) is 0 Å². The number of phenolic OH excluding ortho intramolecular Hbond substituents is 1. The van der Waals surface area contributed by atoms with E-state index in [9.17, 15) is 19.8 Å². The number of hydrogen-bond donors (Lipinski definition) is 2. The molecule has 1 aliphatic heterocycles. The average Bonchev–Trinajstić information content (AvgIpc) is 3.07. The lowest BCUT2D eigenvalue weighted by atomic mass is 9.84. The van der Waals surface area contributed by atoms with Crippen molar-refractivity contribution in [2.75, 3.05) is 40.9 Å². The number of aliphatic hydroxyl groups is 1. The molecule has 36 heavy (non-hydrogen) atoms. The summed E-state index contributed by atoms with van der Waals surface area (Å²) < 4.78 is 11.1. The zero-order chi connectivity index (χ0) is 26.8. The fourth-order valence-corrected chi connectivity index (χ4v) is 4.33. The number of methoxy groups -OCH3 is 1. The first-order chi connectivity index (χ1) is 16.9. The van der Waals surface area contributed by atoms with Gasteiger partial charge in [0.05, 0.1) is 25.3 Å². The fraction of sp³-hybridized carbons (Fsp3) is 0.429. The number of ether oxygens (including phenoxy) is 2. The third-order valence-electron chi connectivity index (χ3n) is 6.21. The molecule has 0 radical (unpaired) electrons. The highest BCUT2D eigenvalue weighted by molar-refractivity contribution is 6.46. The number of aliphatic hydroxyl groups excluding tert-OH is 1. The Bertz CT molecular complexity index is 1180. The van der Waals surface area contributed by atoms with Crippen molar-refractivity contribution >= 4 is 17.4 Å². The van der Waals surface area contributed by atoms with Crippen molar-refractivity contribution < 1.29 is 29.3 Å². The molecule has 2 aromatic carbocycles. The van der Waals surface area contributed by atoms with Crippen LogP contribution in [0.5, 0.6) is 17.2 Å². The van der Waals surface area contributed by atoms with Crippen LogP contribution in [-0.4, -0.2) is 72.6 Å². The highest BCUT2D eigenvalue weighted by atomic mass is 16.5. The van der Waals surface area contributed by atoms with Crippen LogP contribution >= 0.6 is 0 Å². The Morgan fingerprint density at radius 3 is 2.36 bits per heavy atom. The summed E-state index contributed by atoms with van der Waals surface area (Å²) in [6.07, 6.45) is 0. The maximum Gasteiger partial charge on any atom is 0.295 e. The Morgan fingerprint density at radius 2 is 1.78 bits per heavy atom. The molecule has 0 aliphatic carbocycles. The van der Waals surface area contributed by atoms with Gasteiger partial charge in [-0.2, -0.15) is 0 Å². The van der Waals surface area contributed by atoms with Gasteiger partial charge in [-0.1, -0.05) is 26.8 Å². The minimum Gasteiger partial charge on any atom is -0.507 e. The van der Waals surface area contributed by atoms with E-state index in [0.717, 1.165) is 5.56 Å². The standard InChI is InChI=1S/C28H36N2O6/c1-8-36-22-16-17(9-11-20(22)31)24-23(26(33)27(34)30(24)14-13-29(5)6)25(32)18-10-12-21(35-7)19(15-18)28(2,3)4/h9-12,15-16,24,31-32H,8,13-14H2,1-7H3/b25-23+. The predicted octanol–water partition coefficient (Wildman–Crippen LogP) is 4.08. The number of hydrogen-bond acceptors (Lipinski definition) is 7. The monoisotopic (exact) mass is 496 g/mol. The van der Waals surface area contributed by atoms with Crippen LogP contribution in [0.1, 0.15) is 50.4 Å². The number of phenols is 1. The van der Waals surface area contributed by atoms with Gasteiger partial charge in [0.15, 0.2) is 11.5 Å². The van der Waals surface area contributed by atoms with Gasteiger partial charge in [0.25, 0.3) is 11.7 Å². The molecule has 1 amide bonds. The molecule has 8 heteroatoms. The van der Waals surface area contributed by atoms with Gasteiger partial charge in [0.1, 0.15) is 11.5 Å². The zero-order valence-corrected chi connectivity index (χ0v) is 22.1. The Kier molecular flexibility index (Phi) is 7.99. The molecule has 2 N–H and O–H groups in total. The number of benzene rings is 2. The molecule has 0 saturated carbocycles. The third kappa shape index (κ3) is 5.33. The summed E-state index contributed by atoms with van der Waals surface area (Å²) in [6.45, 7) is 9.02. The van der Waals surface area contributed by atoms with E-state index >= 15 is 0 Å². The van der Waals surface area contributed by atoms with E-state index in [4.69, 9.17) is 9.47 Å². The Labute approximate surface area is 212 Å². The molecule has 8 nitrogen and oxygen atoms in total. The summed E-state index contributed by atoms with van der Waals surface area (Å²) in [7, 11) is 5.34. The molecule has 0 bridgehead atoms. The number of carbonyl (C=O) groups is 2. The van der Waals surface area contributed by atoms with Gasteiger partial charge in [0, 0.05) is 24.2 Å². The van der Waals surface area contributed by atoms with Crippen LogP contribution in [0.4, 0.5) is 0 Å². The normalized spacial score (nSPS) is 17.7. The maximum atomic E-state index is 13.3. The lowest BCUT2D eigenvalue weighted by Gasteiger charge is -2.27. The average molecular weight is 497 g/mol. The van der Waals surface area contributed by atoms with Crippen LogP contribution < -0.4 is 9.47 Å². The van der Waals surface area contributed by atoms with Crippen LogP contribution in [0.15, 0.2) is 42.0 Å². The van der Waals surface area contributed by atoms with Gasteiger partial charge in [-0.3, -0.25) is 9.59 Å². The van der Waals surface area contributed by atoms with E-state index in [1.807, 2.05) is 39.8 Å². The van der Waals surface area contributed by atoms with Gasteiger partial charge in [-0.15, -0.1) is 0 Å². The van der Waals surface area contributed by atoms with Crippen molar-refractivity contribution in [1.82, 2.24) is 9.80 Å². The van der Waals surface area contributed by atoms with Crippen molar-refractivity contribution in [3.8, 4) is 17.2 Å². The predicted molar refractivity (Wildman–Crippen MR) is 139 cm³/mol. The number of carbonyl (C=O) groups excluding carboxylic acids is 2. The smallest absolute Gasteiger partial charge is 0.295 e. The molecule has 194 valence electrons. The first-order valence-electron chi connectivity index (χ1n) is 12.0. The number of likely N-dealkylation sites (tertiary alicyclic amines) is 1. The molecule has 1 atom stereocenters. The van der Waals surface area contributed by atoms with Crippen LogP contribution in [0.25, 0.3) is 5.76 Å². The van der Waals surface area contributed by atoms with Gasteiger partial charge in [-0.25, -0.2) is 0 Å². The summed E-state index contributed by atoms with van der Waals surface area (Å²) in [6, 6.07) is 9.10. The van der Waals surface area contributed by atoms with Gasteiger partial charge in [0.2, 0.25) is 0 Å². The lowest BCUT2D eigenvalue weighted by molar-refractivity contribution is -0.140. The van der Waals surface area contributed by atoms with Gasteiger partial charge < -0.3 is 29.5 Å². The second kappa shape index (κ2) is 10.6. The van der Waals surface area contributed by atoms with Gasteiger partial charge in [-0.05, 0) is 62.3 Å². The first kappa shape index (κ1) is 27.1. The van der Waals surface area contributed by atoms with Crippen molar-refractivity contribution in [2.45, 2.75) is 39.2 Å². The molecule has 1 saturated heterocycles. The fourth-order valence-electron chi connectivity index (χ4n) is 4.33. The number of nitrogens with zero attached hydrogens (tertiary/aromatic N) is 2. The number of aromatic hydroxyl groups is 1. The van der Waals surface area contributed by atoms with Crippen LogP contribution in [0, 0.1) is 0 Å². The lowest BCUT2D eigenvalue weighted by Crippen LogP contribution is -2.35. The number of Topliss-reactive ketones (excluding diaryl/α,β-unsaturated/α-hetero) is 1. The van der Waals surface area contributed by atoms with Crippen molar-refractivity contribution in [3.05, 3.63) is 58.7 Å². The molecule has 1 heterocycles. The Hall–Kier alpha value is -3.52. The number of likely N-dealkylation sites (N-methyl/N-ethyl adjacent to an activating group) is 1. The molecule has 1 unspecified atom stereocenters. The number of rotatable bonds is 8. The van der Waals surface area contributed by atoms with Crippen LogP contribution in [-0.2, 0) is 15.0 Å². The highest BCUT2D eigenvalue weighted by Crippen LogP contribution is 2.42. The maximum absolute atomic E-state index is 13.3. The summed E-state index contributed by atoms with van der Waals surface area (Å²) in [5.74, 6) is -0.829. The van der Waals surface area contributed by atoms with E-state index < -0.39 is 17.7 Å². The Morgan fingerprint density at radius 1 is 1.08 bits per heavy atom. The molecule has 0 spiro atoms. The molecular weight excluding hydrogens is 460 g/mol. The number of amides is 1. The molecule has 0 aromatic heterocycles. The topological polar surface area (TPSA) is 99.5 Å². The second-order valence-corrected chi connectivity index (χ2v) is 10.1. The third-order valence-corrected chi connectivity index (χ3v) is 6.21. The van der Waals surface area contributed by atoms with E-state index in [1.165, 1.54) is 11.0 Å². The summed E-state index contributed by atoms with van der Waals surface area (Å²) in [4.78, 5) is 29.9. The van der Waals surface area contributed by atoms with Crippen LogP contribution in [0.3, 0.4) is 0 Å². The highest BCUT2D eigenvalue weighted by Gasteiger charge is 2.46. The molecule has 2 aromatic rings. The van der Waals surface area contributed by atoms with Crippen LogP contribution in [0.2, 0.25) is 0 Å². The molecule has 1 fully saturated rings. The number of ketones is 1. The molecular formula is C28H36N2O6. The SMILES string of the molecule is CCOc1cc(C2/C(=C(\O)c3ccc(OC)c(C(C)(C)C)c3)C(=O)C(=O)N2CCN(C)C)ccc1O. The van der Waals surface area contributed by atoms with Crippen molar-refractivity contribution in [2.24, 2.45) is 0 Å². The van der Waals surface area contributed by atoms with E-state index in [-0.39, 0.29) is 34.8 Å². The minimum atomic E-state index is -0.843. The first-order valence-corrected chi connectivity index (χ1v) is 12.0.